The van der Waals surface area contributed by atoms with E-state index in [0.29, 0.717) is 40.8 Å². The number of anilines is 3. The molecule has 238 valence electrons. The van der Waals surface area contributed by atoms with Crippen molar-refractivity contribution in [1.29, 1.82) is 0 Å². The summed E-state index contributed by atoms with van der Waals surface area (Å²) in [6.45, 7) is 6.70. The number of allylic oxidation sites excluding steroid dienone is 1. The highest BCUT2D eigenvalue weighted by atomic mass is 32.2. The van der Waals surface area contributed by atoms with Crippen LogP contribution in [0.5, 0.6) is 0 Å². The number of hydrogen-bond donors (Lipinski definition) is 2. The van der Waals surface area contributed by atoms with E-state index in [-0.39, 0.29) is 23.8 Å². The van der Waals surface area contributed by atoms with Crippen LogP contribution in [0.25, 0.3) is 16.6 Å². The van der Waals surface area contributed by atoms with E-state index in [1.165, 1.54) is 23.0 Å². The molecule has 0 amide bonds. The number of piperidine rings is 1. The van der Waals surface area contributed by atoms with Crippen LogP contribution in [0.4, 0.5) is 17.3 Å². The molecule has 12 heteroatoms. The van der Waals surface area contributed by atoms with Gasteiger partial charge in [0.2, 0.25) is 16.0 Å². The lowest BCUT2D eigenvalue weighted by Gasteiger charge is -2.33. The molecular weight excluding hydrogens is 588 g/mol. The van der Waals surface area contributed by atoms with Crippen LogP contribution in [0.3, 0.4) is 0 Å². The Balaban J connectivity index is 1.32. The van der Waals surface area contributed by atoms with E-state index < -0.39 is 10.0 Å². The van der Waals surface area contributed by atoms with Crippen molar-refractivity contribution < 1.29 is 8.42 Å². The zero-order valence-electron chi connectivity index (χ0n) is 26.2. The van der Waals surface area contributed by atoms with Crippen molar-refractivity contribution in [2.45, 2.75) is 38.3 Å². The second kappa shape index (κ2) is 12.8. The second-order valence-corrected chi connectivity index (χ2v) is 14.4. The minimum atomic E-state index is -3.63. The monoisotopic (exact) mass is 630 g/mol. The van der Waals surface area contributed by atoms with Crippen LogP contribution < -0.4 is 21.1 Å². The molecular formula is C33H42N8O3S. The van der Waals surface area contributed by atoms with Crippen molar-refractivity contribution in [3.8, 4) is 0 Å². The number of aromatic nitrogens is 4. The van der Waals surface area contributed by atoms with Gasteiger partial charge in [-0.15, -0.1) is 0 Å². The maximum Gasteiger partial charge on any atom is 0.260 e. The van der Waals surface area contributed by atoms with Crippen LogP contribution in [-0.2, 0) is 16.6 Å². The van der Waals surface area contributed by atoms with Crippen molar-refractivity contribution in [3.63, 3.8) is 0 Å². The lowest BCUT2D eigenvalue weighted by molar-refractivity contribution is 0.431. The van der Waals surface area contributed by atoms with Crippen LogP contribution in [0.1, 0.15) is 36.9 Å². The molecule has 1 aliphatic heterocycles. The van der Waals surface area contributed by atoms with E-state index in [4.69, 9.17) is 4.98 Å². The Morgan fingerprint density at radius 1 is 1.13 bits per heavy atom. The average Bonchev–Trinajstić information content (AvgIpc) is 3.78. The van der Waals surface area contributed by atoms with Gasteiger partial charge in [0.1, 0.15) is 5.65 Å². The molecule has 6 rings (SSSR count). The fourth-order valence-corrected chi connectivity index (χ4v) is 7.41. The van der Waals surface area contributed by atoms with Gasteiger partial charge in [-0.25, -0.2) is 17.4 Å². The second-order valence-electron chi connectivity index (χ2n) is 12.4. The van der Waals surface area contributed by atoms with Crippen LogP contribution in [-0.4, -0.2) is 84.4 Å². The van der Waals surface area contributed by atoms with Gasteiger partial charge >= 0.3 is 0 Å². The number of nitrogens with one attached hydrogen (secondary N) is 2. The summed E-state index contributed by atoms with van der Waals surface area (Å²) in [4.78, 5) is 27.5. The summed E-state index contributed by atoms with van der Waals surface area (Å²) in [5, 5.41) is 7.44. The van der Waals surface area contributed by atoms with Gasteiger partial charge in [0.15, 0.2) is 0 Å². The van der Waals surface area contributed by atoms with Gasteiger partial charge in [-0.05, 0) is 100 Å². The van der Waals surface area contributed by atoms with Crippen LogP contribution in [0.2, 0.25) is 0 Å². The summed E-state index contributed by atoms with van der Waals surface area (Å²) in [5.41, 5.74) is 3.94. The SMILES string of the molecule is C=C(c1cc2cnc(Nc3ccc(N(C)C4CCCNC4)cc3)nc2n(Cc2cccn2S(=O)(=O)CCN(C)C)c1=O)C1CC1. The third-order valence-electron chi connectivity index (χ3n) is 8.80. The van der Waals surface area contributed by atoms with Crippen LogP contribution in [0.15, 0.2) is 66.2 Å². The van der Waals surface area contributed by atoms with Gasteiger partial charge < -0.3 is 20.4 Å². The summed E-state index contributed by atoms with van der Waals surface area (Å²) >= 11 is 0. The molecule has 4 heterocycles. The molecule has 0 bridgehead atoms. The largest absolute Gasteiger partial charge is 0.370 e. The lowest BCUT2D eigenvalue weighted by Crippen LogP contribution is -2.44. The minimum absolute atomic E-state index is 0.0306. The van der Waals surface area contributed by atoms with Crippen molar-refractivity contribution >= 4 is 44.0 Å². The molecule has 1 atom stereocenters. The highest BCUT2D eigenvalue weighted by molar-refractivity contribution is 7.89. The number of fused-ring (bicyclic) bond motifs is 1. The predicted octanol–water partition coefficient (Wildman–Crippen LogP) is 3.74. The Morgan fingerprint density at radius 2 is 1.91 bits per heavy atom. The molecule has 0 radical (unpaired) electrons. The van der Waals surface area contributed by atoms with Gasteiger partial charge in [-0.3, -0.25) is 9.36 Å². The van der Waals surface area contributed by atoms with Crippen LogP contribution in [0, 0.1) is 5.92 Å². The number of pyridine rings is 1. The summed E-state index contributed by atoms with van der Waals surface area (Å²) < 4.78 is 29.3. The number of likely N-dealkylation sites (N-methyl/N-ethyl adjacent to an activating group) is 1. The Kier molecular flexibility index (Phi) is 8.80. The maximum absolute atomic E-state index is 14.0. The highest BCUT2D eigenvalue weighted by Gasteiger charge is 2.28. The number of hydrogen-bond acceptors (Lipinski definition) is 9. The topological polar surface area (TPSA) is 117 Å². The van der Waals surface area contributed by atoms with E-state index in [9.17, 15) is 13.2 Å². The quantitative estimate of drug-likeness (QED) is 0.242. The normalized spacial score (nSPS) is 17.1. The average molecular weight is 631 g/mol. The number of rotatable bonds is 12. The van der Waals surface area contributed by atoms with E-state index in [1.54, 1.807) is 22.9 Å². The number of benzene rings is 1. The van der Waals surface area contributed by atoms with Crippen molar-refractivity contribution in [2.24, 2.45) is 5.92 Å². The summed E-state index contributed by atoms with van der Waals surface area (Å²) in [7, 11) is 2.17. The minimum Gasteiger partial charge on any atom is -0.370 e. The van der Waals surface area contributed by atoms with E-state index in [2.05, 4.69) is 46.3 Å². The van der Waals surface area contributed by atoms with Gasteiger partial charge in [-0.2, -0.15) is 4.98 Å². The molecule has 2 aliphatic rings. The van der Waals surface area contributed by atoms with Gasteiger partial charge in [0.05, 0.1) is 18.0 Å². The molecule has 1 saturated carbocycles. The zero-order valence-corrected chi connectivity index (χ0v) is 27.1. The summed E-state index contributed by atoms with van der Waals surface area (Å²) in [6, 6.07) is 13.9. The standard InChI is InChI=1S/C33H42N8O3S/c1-23(24-9-10-24)30-19-25-20-35-33(36-26-11-13-27(14-12-26)39(4)28-7-5-15-34-21-28)37-31(25)40(32(30)42)22-29-8-6-16-41(29)45(43,44)18-17-38(2)3/h6,8,11-14,16,19-20,24,28,34H,1,5,7,9-10,15,17-18,21-22H2,2-4H3,(H,35,36,37). The van der Waals surface area contributed by atoms with Crippen LogP contribution >= 0.6 is 0 Å². The summed E-state index contributed by atoms with van der Waals surface area (Å²) in [6.07, 6.45) is 7.60. The molecule has 0 spiro atoms. The third kappa shape index (κ3) is 6.82. The molecule has 11 nitrogen and oxygen atoms in total. The first-order chi connectivity index (χ1) is 21.6. The first kappa shape index (κ1) is 31.0. The Hall–Kier alpha value is -4.00. The maximum atomic E-state index is 14.0. The zero-order chi connectivity index (χ0) is 31.7. The molecule has 2 N–H and O–H groups in total. The number of nitrogens with zero attached hydrogens (tertiary/aromatic N) is 6. The van der Waals surface area contributed by atoms with Gasteiger partial charge in [0, 0.05) is 60.9 Å². The van der Waals surface area contributed by atoms with E-state index >= 15 is 0 Å². The molecule has 2 fully saturated rings. The fourth-order valence-electron chi connectivity index (χ4n) is 5.88. The first-order valence-corrected chi connectivity index (χ1v) is 17.2. The van der Waals surface area contributed by atoms with E-state index in [1.807, 2.05) is 37.2 Å². The van der Waals surface area contributed by atoms with E-state index in [0.717, 1.165) is 42.9 Å². The molecule has 1 aromatic carbocycles. The smallest absolute Gasteiger partial charge is 0.260 e. The lowest BCUT2D eigenvalue weighted by atomic mass is 10.0. The first-order valence-electron chi connectivity index (χ1n) is 15.6. The Labute approximate surface area is 264 Å². The fraction of sp³-hybridized carbons (Fsp3) is 0.424. The molecule has 45 heavy (non-hydrogen) atoms. The molecule has 1 unspecified atom stereocenters. The third-order valence-corrected chi connectivity index (χ3v) is 10.5. The summed E-state index contributed by atoms with van der Waals surface area (Å²) in [5.74, 6) is 0.589. The molecule has 4 aromatic rings. The van der Waals surface area contributed by atoms with Crippen molar-refractivity contribution in [2.75, 3.05) is 56.7 Å². The Bertz CT molecular complexity index is 1850. The van der Waals surface area contributed by atoms with Gasteiger partial charge in [-0.1, -0.05) is 6.58 Å². The predicted molar refractivity (Wildman–Crippen MR) is 181 cm³/mol. The molecule has 1 saturated heterocycles. The van der Waals surface area contributed by atoms with Gasteiger partial charge in [0.25, 0.3) is 5.56 Å². The Morgan fingerprint density at radius 3 is 2.60 bits per heavy atom. The molecule has 3 aromatic heterocycles. The van der Waals surface area contributed by atoms with Crippen molar-refractivity contribution in [3.05, 3.63) is 83.0 Å². The highest BCUT2D eigenvalue weighted by Crippen LogP contribution is 2.40. The molecule has 1 aliphatic carbocycles. The van der Waals surface area contributed by atoms with Crippen molar-refractivity contribution in [1.82, 2.24) is 28.7 Å².